The van der Waals surface area contributed by atoms with Gasteiger partial charge in [-0.1, -0.05) is 30.3 Å². The van der Waals surface area contributed by atoms with Crippen molar-refractivity contribution in [2.75, 3.05) is 0 Å². The number of pyridine rings is 2. The third-order valence-corrected chi connectivity index (χ3v) is 2.88. The lowest BCUT2D eigenvalue weighted by Gasteiger charge is -2.05. The summed E-state index contributed by atoms with van der Waals surface area (Å²) in [6.45, 7) is -2.12. The van der Waals surface area contributed by atoms with E-state index in [4.69, 9.17) is 4.11 Å². The Bertz CT molecular complexity index is 766. The number of aryl methyl sites for hydroxylation is 1. The molecule has 2 nitrogen and oxygen atoms in total. The highest BCUT2D eigenvalue weighted by molar-refractivity contribution is 5.69. The fourth-order valence-corrected chi connectivity index (χ4v) is 1.94. The minimum atomic E-state index is -2.12. The molecule has 3 rings (SSSR count). The normalized spacial score (nSPS) is 13.4. The standard InChI is InChI=1S/C17H14N2/c1-13-8-9-17(19-12-13)15-6-4-5-14(11-15)16-7-2-3-10-18-16/h2-12H,1H3/i1D3. The minimum Gasteiger partial charge on any atom is -0.256 e. The Morgan fingerprint density at radius 1 is 0.842 bits per heavy atom. The third-order valence-electron chi connectivity index (χ3n) is 2.88. The number of hydrogen-bond donors (Lipinski definition) is 0. The largest absolute Gasteiger partial charge is 0.256 e. The van der Waals surface area contributed by atoms with Crippen molar-refractivity contribution < 1.29 is 4.11 Å². The lowest BCUT2D eigenvalue weighted by atomic mass is 10.0. The van der Waals surface area contributed by atoms with Crippen LogP contribution in [-0.4, -0.2) is 9.97 Å². The summed E-state index contributed by atoms with van der Waals surface area (Å²) in [5.41, 5.74) is 3.81. The van der Waals surface area contributed by atoms with Crippen LogP contribution in [0.2, 0.25) is 0 Å². The van der Waals surface area contributed by atoms with E-state index in [1.165, 1.54) is 6.20 Å². The van der Waals surface area contributed by atoms with Crippen LogP contribution in [0.4, 0.5) is 0 Å². The zero-order valence-corrected chi connectivity index (χ0v) is 10.2. The molecule has 0 aliphatic carbocycles. The van der Waals surface area contributed by atoms with Gasteiger partial charge in [-0.15, -0.1) is 0 Å². The molecule has 3 aromatic rings. The highest BCUT2D eigenvalue weighted by Crippen LogP contribution is 2.23. The Morgan fingerprint density at radius 3 is 2.32 bits per heavy atom. The molecule has 0 bridgehead atoms. The molecule has 92 valence electrons. The average Bonchev–Trinajstić information content (AvgIpc) is 2.55. The van der Waals surface area contributed by atoms with Crippen molar-refractivity contribution >= 4 is 0 Å². The van der Waals surface area contributed by atoms with Gasteiger partial charge in [0.2, 0.25) is 0 Å². The van der Waals surface area contributed by atoms with E-state index >= 15 is 0 Å². The van der Waals surface area contributed by atoms with E-state index in [0.29, 0.717) is 0 Å². The van der Waals surface area contributed by atoms with Gasteiger partial charge in [0.25, 0.3) is 0 Å². The molecule has 0 atom stereocenters. The number of hydrogen-bond acceptors (Lipinski definition) is 2. The van der Waals surface area contributed by atoms with Gasteiger partial charge >= 0.3 is 0 Å². The van der Waals surface area contributed by atoms with E-state index in [1.54, 1.807) is 18.3 Å². The minimum absolute atomic E-state index is 0.247. The van der Waals surface area contributed by atoms with Crippen molar-refractivity contribution in [3.8, 4) is 22.5 Å². The quantitative estimate of drug-likeness (QED) is 0.682. The maximum Gasteiger partial charge on any atom is 0.0702 e. The molecule has 19 heavy (non-hydrogen) atoms. The summed E-state index contributed by atoms with van der Waals surface area (Å²) in [6, 6.07) is 17.0. The molecule has 1 aromatic carbocycles. The van der Waals surface area contributed by atoms with Crippen LogP contribution in [0.25, 0.3) is 22.5 Å². The first-order chi connectivity index (χ1) is 10.5. The van der Waals surface area contributed by atoms with Gasteiger partial charge < -0.3 is 0 Å². The summed E-state index contributed by atoms with van der Waals surface area (Å²) < 4.78 is 22.1. The summed E-state index contributed by atoms with van der Waals surface area (Å²) in [5, 5.41) is 0. The second kappa shape index (κ2) is 5.02. The summed E-state index contributed by atoms with van der Waals surface area (Å²) >= 11 is 0. The first-order valence-corrected chi connectivity index (χ1v) is 6.02. The van der Waals surface area contributed by atoms with Crippen molar-refractivity contribution in [1.29, 1.82) is 0 Å². The molecule has 0 spiro atoms. The summed E-state index contributed by atoms with van der Waals surface area (Å²) in [6.07, 6.45) is 3.17. The monoisotopic (exact) mass is 249 g/mol. The Morgan fingerprint density at radius 2 is 1.68 bits per heavy atom. The molecule has 0 fully saturated rings. The Kier molecular flexibility index (Phi) is 2.27. The van der Waals surface area contributed by atoms with Crippen LogP contribution >= 0.6 is 0 Å². The smallest absolute Gasteiger partial charge is 0.0702 e. The average molecular weight is 249 g/mol. The maximum absolute atomic E-state index is 7.38. The molecular formula is C17H14N2. The number of nitrogens with zero attached hydrogens (tertiary/aromatic N) is 2. The van der Waals surface area contributed by atoms with Crippen LogP contribution in [0.5, 0.6) is 0 Å². The van der Waals surface area contributed by atoms with Gasteiger partial charge in [-0.2, -0.15) is 0 Å². The van der Waals surface area contributed by atoms with Gasteiger partial charge in [0.1, 0.15) is 0 Å². The molecular weight excluding hydrogens is 232 g/mol. The van der Waals surface area contributed by atoms with E-state index in [-0.39, 0.29) is 5.56 Å². The summed E-state index contributed by atoms with van der Waals surface area (Å²) in [7, 11) is 0. The van der Waals surface area contributed by atoms with Crippen LogP contribution in [0.3, 0.4) is 0 Å². The highest BCUT2D eigenvalue weighted by Gasteiger charge is 2.02. The molecule has 0 unspecified atom stereocenters. The Balaban J connectivity index is 1.96. The van der Waals surface area contributed by atoms with E-state index < -0.39 is 6.85 Å². The van der Waals surface area contributed by atoms with Gasteiger partial charge in [0, 0.05) is 27.6 Å². The zero-order chi connectivity index (χ0) is 15.6. The van der Waals surface area contributed by atoms with Gasteiger partial charge in [-0.05, 0) is 36.7 Å². The Hall–Kier alpha value is -2.48. The predicted octanol–water partition coefficient (Wildman–Crippen LogP) is 4.12. The van der Waals surface area contributed by atoms with Crippen molar-refractivity contribution in [3.05, 3.63) is 72.6 Å². The SMILES string of the molecule is [2H]C([2H])([2H])c1ccc(-c2cccc(-c3ccccn3)c2)nc1. The van der Waals surface area contributed by atoms with Gasteiger partial charge in [-0.3, -0.25) is 9.97 Å². The van der Waals surface area contributed by atoms with E-state index in [2.05, 4.69) is 9.97 Å². The van der Waals surface area contributed by atoms with Crippen LogP contribution in [0.1, 0.15) is 9.68 Å². The molecule has 0 N–H and O–H groups in total. The molecule has 0 saturated heterocycles. The van der Waals surface area contributed by atoms with E-state index in [9.17, 15) is 0 Å². The van der Waals surface area contributed by atoms with Crippen LogP contribution in [-0.2, 0) is 0 Å². The van der Waals surface area contributed by atoms with E-state index in [1.807, 2.05) is 42.5 Å². The van der Waals surface area contributed by atoms with Crippen molar-refractivity contribution in [1.82, 2.24) is 9.97 Å². The second-order valence-electron chi connectivity index (χ2n) is 4.23. The number of aromatic nitrogens is 2. The van der Waals surface area contributed by atoms with Gasteiger partial charge in [0.15, 0.2) is 0 Å². The molecule has 0 saturated carbocycles. The molecule has 0 aliphatic rings. The van der Waals surface area contributed by atoms with Crippen molar-refractivity contribution in [3.63, 3.8) is 0 Å². The van der Waals surface area contributed by atoms with Crippen molar-refractivity contribution in [2.24, 2.45) is 0 Å². The van der Waals surface area contributed by atoms with E-state index in [0.717, 1.165) is 22.5 Å². The van der Waals surface area contributed by atoms with Gasteiger partial charge in [0.05, 0.1) is 11.4 Å². The maximum atomic E-state index is 7.38. The Labute approximate surface area is 117 Å². The highest BCUT2D eigenvalue weighted by atomic mass is 14.7. The van der Waals surface area contributed by atoms with Crippen LogP contribution in [0.15, 0.2) is 67.0 Å². The lowest BCUT2D eigenvalue weighted by molar-refractivity contribution is 1.27. The molecule has 2 heteroatoms. The fourth-order valence-electron chi connectivity index (χ4n) is 1.94. The first-order valence-electron chi connectivity index (χ1n) is 7.52. The van der Waals surface area contributed by atoms with Crippen LogP contribution < -0.4 is 0 Å². The number of rotatable bonds is 2. The van der Waals surface area contributed by atoms with Crippen molar-refractivity contribution in [2.45, 2.75) is 6.85 Å². The molecule has 2 heterocycles. The fraction of sp³-hybridized carbons (Fsp3) is 0.0588. The number of benzene rings is 1. The topological polar surface area (TPSA) is 25.8 Å². The summed E-state index contributed by atoms with van der Waals surface area (Å²) in [4.78, 5) is 8.61. The predicted molar refractivity (Wildman–Crippen MR) is 77.6 cm³/mol. The second-order valence-corrected chi connectivity index (χ2v) is 4.23. The molecule has 0 radical (unpaired) electrons. The molecule has 2 aromatic heterocycles. The third kappa shape index (κ3) is 2.52. The van der Waals surface area contributed by atoms with Crippen LogP contribution in [0, 0.1) is 6.85 Å². The van der Waals surface area contributed by atoms with Gasteiger partial charge in [-0.25, -0.2) is 0 Å². The zero-order valence-electron chi connectivity index (χ0n) is 13.2. The first kappa shape index (κ1) is 8.59. The summed E-state index contributed by atoms with van der Waals surface area (Å²) in [5.74, 6) is 0. The lowest BCUT2D eigenvalue weighted by Crippen LogP contribution is -1.86. The molecule has 0 amide bonds. The molecule has 0 aliphatic heterocycles.